The number of anilines is 1. The Kier molecular flexibility index (Phi) is 16.6. The van der Waals surface area contributed by atoms with E-state index < -0.39 is 58.7 Å². The lowest BCUT2D eigenvalue weighted by molar-refractivity contribution is -0.149. The van der Waals surface area contributed by atoms with Gasteiger partial charge in [-0.1, -0.05) is 6.07 Å². The minimum Gasteiger partial charge on any atom is -0.490 e. The summed E-state index contributed by atoms with van der Waals surface area (Å²) >= 11 is 0. The molecule has 3 aliphatic heterocycles. The van der Waals surface area contributed by atoms with Crippen LogP contribution in [0.3, 0.4) is 0 Å². The highest BCUT2D eigenvalue weighted by Gasteiger charge is 2.52. The van der Waals surface area contributed by atoms with Gasteiger partial charge in [0.2, 0.25) is 17.4 Å². The molecule has 4 heterocycles. The van der Waals surface area contributed by atoms with E-state index in [9.17, 15) is 47.4 Å². The third-order valence-corrected chi connectivity index (χ3v) is 11.1. The molecule has 2 fully saturated rings. The molecule has 7 rings (SSSR count). The quantitative estimate of drug-likeness (QED) is 0.0359. The lowest BCUT2D eigenvalue weighted by Crippen LogP contribution is -2.54. The number of hydrogen-bond acceptors (Lipinski definition) is 14. The molecule has 3 aliphatic rings. The molecule has 2 saturated heterocycles. The van der Waals surface area contributed by atoms with E-state index in [-0.39, 0.29) is 99.4 Å². The average Bonchev–Trinajstić information content (AvgIpc) is 3.96. The lowest BCUT2D eigenvalue weighted by atomic mass is 10.0. The highest BCUT2D eigenvalue weighted by Crippen LogP contribution is 2.34. The highest BCUT2D eigenvalue weighted by molar-refractivity contribution is 6.24. The summed E-state index contributed by atoms with van der Waals surface area (Å²) in [6.07, 6.45) is -0.116. The maximum Gasteiger partial charge on any atom is 0.268 e. The largest absolute Gasteiger partial charge is 0.490 e. The Bertz CT molecular complexity index is 2520. The molecule has 68 heavy (non-hydrogen) atoms. The number of nitrogens with one attached hydrogen (secondary N) is 4. The van der Waals surface area contributed by atoms with Crippen molar-refractivity contribution in [3.63, 3.8) is 0 Å². The van der Waals surface area contributed by atoms with Gasteiger partial charge in [0, 0.05) is 55.1 Å². The van der Waals surface area contributed by atoms with Crippen LogP contribution < -0.4 is 25.6 Å². The third-order valence-electron chi connectivity index (χ3n) is 11.1. The fourth-order valence-corrected chi connectivity index (χ4v) is 7.74. The van der Waals surface area contributed by atoms with E-state index in [1.807, 2.05) is 0 Å². The van der Waals surface area contributed by atoms with Crippen molar-refractivity contribution >= 4 is 57.9 Å². The molecule has 20 nitrogen and oxygen atoms in total. The Hall–Kier alpha value is -6.69. The van der Waals surface area contributed by atoms with Crippen LogP contribution in [-0.2, 0) is 49.4 Å². The van der Waals surface area contributed by atoms with Gasteiger partial charge < -0.3 is 54.0 Å². The first-order chi connectivity index (χ1) is 32.8. The number of aliphatic hydroxyl groups is 1. The number of fused-ring (bicyclic) bond motifs is 2. The molecule has 3 aromatic carbocycles. The van der Waals surface area contributed by atoms with Crippen molar-refractivity contribution in [2.45, 2.75) is 37.5 Å². The van der Waals surface area contributed by atoms with Crippen molar-refractivity contribution in [3.05, 3.63) is 94.7 Å². The SMILES string of the molecule is O=C1CCC(N2C(=O)c3cccc(OCCOCCOCCOCCOCCOCCNC(=O)c4cc5cc(N6CCC(O)(C(=O)NCc7cc(F)cc(F)c7)C6=O)ccc5[nH]4)c3C2=O)C(=O)N1. The average molecular weight is 949 g/mol. The van der Waals surface area contributed by atoms with Crippen LogP contribution >= 0.6 is 0 Å². The van der Waals surface area contributed by atoms with Crippen molar-refractivity contribution in [2.75, 3.05) is 90.7 Å². The smallest absolute Gasteiger partial charge is 0.268 e. The van der Waals surface area contributed by atoms with Gasteiger partial charge >= 0.3 is 0 Å². The van der Waals surface area contributed by atoms with Gasteiger partial charge in [-0.15, -0.1) is 0 Å². The van der Waals surface area contributed by atoms with E-state index in [2.05, 4.69) is 20.9 Å². The van der Waals surface area contributed by atoms with E-state index in [0.29, 0.717) is 68.9 Å². The summed E-state index contributed by atoms with van der Waals surface area (Å²) in [7, 11) is 0. The second kappa shape index (κ2) is 22.9. The number of carbonyl (C=O) groups excluding carboxylic acids is 7. The van der Waals surface area contributed by atoms with Crippen molar-refractivity contribution in [3.8, 4) is 5.75 Å². The second-order valence-corrected chi connectivity index (χ2v) is 15.8. The first-order valence-corrected chi connectivity index (χ1v) is 21.9. The Labute approximate surface area is 387 Å². The number of imide groups is 2. The predicted octanol–water partition coefficient (Wildman–Crippen LogP) is 1.52. The molecule has 2 unspecified atom stereocenters. The van der Waals surface area contributed by atoms with Crippen LogP contribution in [0, 0.1) is 11.6 Å². The Balaban J connectivity index is 0.683. The van der Waals surface area contributed by atoms with Crippen LogP contribution in [0.25, 0.3) is 10.9 Å². The van der Waals surface area contributed by atoms with Gasteiger partial charge in [0.15, 0.2) is 0 Å². The van der Waals surface area contributed by atoms with E-state index in [1.165, 1.54) is 11.0 Å². The topological polar surface area (TPSA) is 253 Å². The standard InChI is InChI=1S/C46H50F2N6O14/c47-30-22-28(23-31(48)26-30)27-50-44(60)46(62)8-10-53(45(46)61)32-4-5-34-29(24-32)25-35(51-34)40(56)49-9-11-63-12-13-64-14-15-65-16-17-66-18-19-67-20-21-68-37-3-1-2-33-39(37)43(59)54(42(33)58)36-6-7-38(55)52-41(36)57/h1-5,22-26,36,51,62H,6-21,27H2,(H,49,56)(H,50,60)(H,52,55,57). The second-order valence-electron chi connectivity index (χ2n) is 15.8. The maximum atomic E-state index is 13.5. The van der Waals surface area contributed by atoms with Crippen LogP contribution in [0.1, 0.15) is 56.0 Å². The molecule has 1 aromatic heterocycles. The number of carbonyl (C=O) groups is 7. The van der Waals surface area contributed by atoms with Crippen LogP contribution in [0.2, 0.25) is 0 Å². The Morgan fingerprint density at radius 1 is 0.765 bits per heavy atom. The molecule has 0 spiro atoms. The van der Waals surface area contributed by atoms with Gasteiger partial charge in [-0.25, -0.2) is 8.78 Å². The Morgan fingerprint density at radius 2 is 1.41 bits per heavy atom. The monoisotopic (exact) mass is 948 g/mol. The summed E-state index contributed by atoms with van der Waals surface area (Å²) in [4.78, 5) is 94.1. The summed E-state index contributed by atoms with van der Waals surface area (Å²) in [6, 6.07) is 12.9. The number of hydrogen-bond donors (Lipinski definition) is 5. The van der Waals surface area contributed by atoms with Crippen molar-refractivity contribution < 1.29 is 75.9 Å². The molecule has 0 bridgehead atoms. The molecule has 4 aromatic rings. The number of amides is 7. The fourth-order valence-electron chi connectivity index (χ4n) is 7.74. The first-order valence-electron chi connectivity index (χ1n) is 21.9. The van der Waals surface area contributed by atoms with Crippen LogP contribution in [0.4, 0.5) is 14.5 Å². The van der Waals surface area contributed by atoms with Gasteiger partial charge in [-0.3, -0.25) is 43.8 Å². The summed E-state index contributed by atoms with van der Waals surface area (Å²) in [6.45, 7) is 3.08. The van der Waals surface area contributed by atoms with Gasteiger partial charge in [0.1, 0.15) is 35.7 Å². The van der Waals surface area contributed by atoms with Crippen molar-refractivity contribution in [2.24, 2.45) is 0 Å². The molecular formula is C46H50F2N6O14. The zero-order valence-electron chi connectivity index (χ0n) is 36.8. The summed E-state index contributed by atoms with van der Waals surface area (Å²) in [5.74, 6) is -6.06. The Morgan fingerprint density at radius 3 is 2.07 bits per heavy atom. The third kappa shape index (κ3) is 11.9. The molecule has 362 valence electrons. The van der Waals surface area contributed by atoms with Crippen LogP contribution in [-0.4, -0.2) is 154 Å². The molecule has 0 radical (unpaired) electrons. The predicted molar refractivity (Wildman–Crippen MR) is 233 cm³/mol. The van der Waals surface area contributed by atoms with E-state index >= 15 is 0 Å². The number of benzene rings is 3. The molecule has 0 saturated carbocycles. The fraction of sp³-hybridized carbons (Fsp3) is 0.413. The first kappa shape index (κ1) is 49.2. The lowest BCUT2D eigenvalue weighted by Gasteiger charge is -2.27. The molecule has 0 aliphatic carbocycles. The van der Waals surface area contributed by atoms with E-state index in [1.54, 1.807) is 36.4 Å². The number of aromatic amines is 1. The number of halogens is 2. The molecule has 22 heteroatoms. The summed E-state index contributed by atoms with van der Waals surface area (Å²) in [5, 5.41) is 18.9. The number of ether oxygens (including phenoxy) is 6. The van der Waals surface area contributed by atoms with Crippen molar-refractivity contribution in [1.29, 1.82) is 0 Å². The maximum absolute atomic E-state index is 13.5. The molecular weight excluding hydrogens is 899 g/mol. The van der Waals surface area contributed by atoms with Gasteiger partial charge in [-0.2, -0.15) is 0 Å². The van der Waals surface area contributed by atoms with Gasteiger partial charge in [0.05, 0.1) is 77.2 Å². The van der Waals surface area contributed by atoms with Gasteiger partial charge in [-0.05, 0) is 60.5 Å². The highest BCUT2D eigenvalue weighted by atomic mass is 19.1. The minimum absolute atomic E-state index is 0.0273. The van der Waals surface area contributed by atoms with Gasteiger partial charge in [0.25, 0.3) is 29.5 Å². The zero-order valence-corrected chi connectivity index (χ0v) is 36.8. The summed E-state index contributed by atoms with van der Waals surface area (Å²) < 4.78 is 60.4. The molecule has 2 atom stereocenters. The molecule has 7 amide bonds. The van der Waals surface area contributed by atoms with Crippen molar-refractivity contribution in [1.82, 2.24) is 25.8 Å². The number of aromatic nitrogens is 1. The normalized spacial score (nSPS) is 18.1. The number of piperidine rings is 1. The van der Waals surface area contributed by atoms with Crippen LogP contribution in [0.15, 0.2) is 60.7 Å². The number of H-pyrrole nitrogens is 1. The number of rotatable bonds is 25. The minimum atomic E-state index is -2.37. The number of nitrogens with zero attached hydrogens (tertiary/aromatic N) is 2. The molecule has 5 N–H and O–H groups in total. The van der Waals surface area contributed by atoms with Crippen LogP contribution in [0.5, 0.6) is 5.75 Å². The summed E-state index contributed by atoms with van der Waals surface area (Å²) in [5.41, 5.74) is -0.744. The zero-order chi connectivity index (χ0) is 48.2. The van der Waals surface area contributed by atoms with E-state index in [4.69, 9.17) is 28.4 Å². The van der Waals surface area contributed by atoms with E-state index in [0.717, 1.165) is 17.0 Å².